The van der Waals surface area contributed by atoms with Crippen LogP contribution >= 0.6 is 0 Å². The first-order valence-electron chi connectivity index (χ1n) is 5.36. The van der Waals surface area contributed by atoms with Crippen molar-refractivity contribution >= 4 is 11.7 Å². The van der Waals surface area contributed by atoms with E-state index in [4.69, 9.17) is 5.73 Å². The summed E-state index contributed by atoms with van der Waals surface area (Å²) >= 11 is 0. The van der Waals surface area contributed by atoms with Crippen LogP contribution in [0.5, 0.6) is 0 Å². The normalized spacial score (nSPS) is 14.1. The molecule has 1 rings (SSSR count). The molecule has 94 valence electrons. The lowest BCUT2D eigenvalue weighted by molar-refractivity contribution is -0.159. The number of aliphatic hydroxyl groups is 2. The standard InChI is InChI=1S/C12H17NO4/c1-3-17-12(16)11(15)10(14)9-5-4-8(13)6-7(9)2/h4-6,10-11,14-15H,3,13H2,1-2H3. The van der Waals surface area contributed by atoms with Crippen molar-refractivity contribution in [2.45, 2.75) is 26.1 Å². The lowest BCUT2D eigenvalue weighted by Gasteiger charge is -2.18. The average molecular weight is 239 g/mol. The molecule has 0 bridgehead atoms. The van der Waals surface area contributed by atoms with Gasteiger partial charge in [0.1, 0.15) is 6.10 Å². The zero-order valence-corrected chi connectivity index (χ0v) is 9.88. The summed E-state index contributed by atoms with van der Waals surface area (Å²) in [4.78, 5) is 11.3. The molecule has 0 spiro atoms. The Morgan fingerprint density at radius 3 is 2.65 bits per heavy atom. The largest absolute Gasteiger partial charge is 0.464 e. The summed E-state index contributed by atoms with van der Waals surface area (Å²) in [5.41, 5.74) is 7.30. The van der Waals surface area contributed by atoms with Crippen LogP contribution in [0.25, 0.3) is 0 Å². The van der Waals surface area contributed by atoms with E-state index >= 15 is 0 Å². The molecule has 0 aliphatic heterocycles. The molecule has 2 atom stereocenters. The zero-order chi connectivity index (χ0) is 13.0. The summed E-state index contributed by atoms with van der Waals surface area (Å²) in [7, 11) is 0. The van der Waals surface area contributed by atoms with Crippen LogP contribution < -0.4 is 5.73 Å². The van der Waals surface area contributed by atoms with Crippen molar-refractivity contribution in [1.82, 2.24) is 0 Å². The zero-order valence-electron chi connectivity index (χ0n) is 9.88. The number of aryl methyl sites for hydroxylation is 1. The molecule has 0 fully saturated rings. The summed E-state index contributed by atoms with van der Waals surface area (Å²) in [5, 5.41) is 19.5. The summed E-state index contributed by atoms with van der Waals surface area (Å²) in [6.07, 6.45) is -2.90. The van der Waals surface area contributed by atoms with Gasteiger partial charge in [-0.1, -0.05) is 6.07 Å². The molecule has 0 radical (unpaired) electrons. The number of ether oxygens (including phenoxy) is 1. The van der Waals surface area contributed by atoms with E-state index in [1.807, 2.05) is 0 Å². The van der Waals surface area contributed by atoms with Crippen molar-refractivity contribution in [2.75, 3.05) is 12.3 Å². The molecule has 0 aliphatic rings. The highest BCUT2D eigenvalue weighted by molar-refractivity contribution is 5.75. The Morgan fingerprint density at radius 2 is 2.12 bits per heavy atom. The van der Waals surface area contributed by atoms with Gasteiger partial charge in [-0.3, -0.25) is 0 Å². The molecule has 17 heavy (non-hydrogen) atoms. The number of carbonyl (C=O) groups excluding carboxylic acids is 1. The van der Waals surface area contributed by atoms with Gasteiger partial charge in [-0.2, -0.15) is 0 Å². The van der Waals surface area contributed by atoms with Crippen molar-refractivity contribution in [1.29, 1.82) is 0 Å². The van der Waals surface area contributed by atoms with Crippen molar-refractivity contribution in [2.24, 2.45) is 0 Å². The second kappa shape index (κ2) is 5.65. The summed E-state index contributed by atoms with van der Waals surface area (Å²) in [5.74, 6) is -0.837. The van der Waals surface area contributed by atoms with E-state index < -0.39 is 18.2 Å². The van der Waals surface area contributed by atoms with E-state index in [2.05, 4.69) is 4.74 Å². The van der Waals surface area contributed by atoms with Gasteiger partial charge in [0.2, 0.25) is 0 Å². The van der Waals surface area contributed by atoms with Gasteiger partial charge in [0.05, 0.1) is 6.61 Å². The maximum absolute atomic E-state index is 11.3. The molecular formula is C12H17NO4. The van der Waals surface area contributed by atoms with Gasteiger partial charge < -0.3 is 20.7 Å². The van der Waals surface area contributed by atoms with Gasteiger partial charge in [0.25, 0.3) is 0 Å². The highest BCUT2D eigenvalue weighted by Crippen LogP contribution is 2.23. The van der Waals surface area contributed by atoms with Gasteiger partial charge in [-0.15, -0.1) is 0 Å². The third kappa shape index (κ3) is 3.18. The summed E-state index contributed by atoms with van der Waals surface area (Å²) < 4.78 is 4.64. The maximum atomic E-state index is 11.3. The predicted molar refractivity (Wildman–Crippen MR) is 63.2 cm³/mol. The van der Waals surface area contributed by atoms with E-state index in [1.54, 1.807) is 32.0 Å². The van der Waals surface area contributed by atoms with Crippen LogP contribution in [0.2, 0.25) is 0 Å². The fourth-order valence-corrected chi connectivity index (χ4v) is 1.56. The van der Waals surface area contributed by atoms with E-state index in [0.29, 0.717) is 16.8 Å². The first-order valence-corrected chi connectivity index (χ1v) is 5.36. The first-order chi connectivity index (χ1) is 7.97. The Hall–Kier alpha value is -1.59. The number of nitrogens with two attached hydrogens (primary N) is 1. The molecule has 0 saturated carbocycles. The molecule has 0 saturated heterocycles. The van der Waals surface area contributed by atoms with Crippen molar-refractivity contribution in [3.05, 3.63) is 29.3 Å². The fourth-order valence-electron chi connectivity index (χ4n) is 1.56. The number of benzene rings is 1. The third-order valence-corrected chi connectivity index (χ3v) is 2.44. The lowest BCUT2D eigenvalue weighted by atomic mass is 9.99. The van der Waals surface area contributed by atoms with E-state index in [9.17, 15) is 15.0 Å². The smallest absolute Gasteiger partial charge is 0.338 e. The molecule has 0 amide bonds. The molecule has 0 heterocycles. The number of esters is 1. The highest BCUT2D eigenvalue weighted by atomic mass is 16.5. The van der Waals surface area contributed by atoms with Crippen LogP contribution in [-0.4, -0.2) is 28.9 Å². The van der Waals surface area contributed by atoms with Gasteiger partial charge in [0.15, 0.2) is 6.10 Å². The molecule has 5 nitrogen and oxygen atoms in total. The number of nitrogen functional groups attached to an aromatic ring is 1. The van der Waals surface area contributed by atoms with E-state index in [1.165, 1.54) is 0 Å². The minimum absolute atomic E-state index is 0.156. The Morgan fingerprint density at radius 1 is 1.47 bits per heavy atom. The second-order valence-corrected chi connectivity index (χ2v) is 3.76. The Balaban J connectivity index is 2.88. The number of hydrogen-bond acceptors (Lipinski definition) is 5. The fraction of sp³-hybridized carbons (Fsp3) is 0.417. The Kier molecular flexibility index (Phi) is 4.48. The third-order valence-electron chi connectivity index (χ3n) is 2.44. The molecular weight excluding hydrogens is 222 g/mol. The second-order valence-electron chi connectivity index (χ2n) is 3.76. The van der Waals surface area contributed by atoms with Crippen molar-refractivity contribution in [3.63, 3.8) is 0 Å². The molecule has 0 aliphatic carbocycles. The molecule has 1 aromatic carbocycles. The first kappa shape index (κ1) is 13.5. The Bertz CT molecular complexity index is 405. The van der Waals surface area contributed by atoms with Crippen LogP contribution in [0.4, 0.5) is 5.69 Å². The van der Waals surface area contributed by atoms with Gasteiger partial charge >= 0.3 is 5.97 Å². The Labute approximate surface area is 99.8 Å². The minimum Gasteiger partial charge on any atom is -0.464 e. The SMILES string of the molecule is CCOC(=O)C(O)C(O)c1ccc(N)cc1C. The maximum Gasteiger partial charge on any atom is 0.338 e. The topological polar surface area (TPSA) is 92.8 Å². The van der Waals surface area contributed by atoms with Crippen molar-refractivity contribution in [3.8, 4) is 0 Å². The van der Waals surface area contributed by atoms with Gasteiger partial charge in [-0.25, -0.2) is 4.79 Å². The molecule has 1 aromatic rings. The summed E-state index contributed by atoms with van der Waals surface area (Å²) in [6, 6.07) is 4.84. The highest BCUT2D eigenvalue weighted by Gasteiger charge is 2.27. The average Bonchev–Trinajstić information content (AvgIpc) is 2.27. The predicted octanol–water partition coefficient (Wildman–Crippen LogP) is 0.535. The quantitative estimate of drug-likeness (QED) is 0.526. The number of aliphatic hydroxyl groups excluding tert-OH is 2. The lowest BCUT2D eigenvalue weighted by Crippen LogP contribution is -2.30. The summed E-state index contributed by atoms with van der Waals surface area (Å²) in [6.45, 7) is 3.53. The number of carbonyl (C=O) groups is 1. The number of anilines is 1. The number of rotatable bonds is 4. The van der Waals surface area contributed by atoms with E-state index in [-0.39, 0.29) is 6.61 Å². The molecule has 4 N–H and O–H groups in total. The minimum atomic E-state index is -1.59. The monoisotopic (exact) mass is 239 g/mol. The van der Waals surface area contributed by atoms with Crippen LogP contribution in [0.15, 0.2) is 18.2 Å². The van der Waals surface area contributed by atoms with Crippen molar-refractivity contribution < 1.29 is 19.7 Å². The van der Waals surface area contributed by atoms with Gasteiger partial charge in [0, 0.05) is 5.69 Å². The van der Waals surface area contributed by atoms with E-state index in [0.717, 1.165) is 0 Å². The van der Waals surface area contributed by atoms with Gasteiger partial charge in [-0.05, 0) is 37.1 Å². The van der Waals surface area contributed by atoms with Crippen LogP contribution in [0.1, 0.15) is 24.2 Å². The van der Waals surface area contributed by atoms with Crippen LogP contribution in [0.3, 0.4) is 0 Å². The van der Waals surface area contributed by atoms with Crippen LogP contribution in [0, 0.1) is 6.92 Å². The molecule has 2 unspecified atom stereocenters. The molecule has 5 heteroatoms. The molecule has 0 aromatic heterocycles. The van der Waals surface area contributed by atoms with Crippen LogP contribution in [-0.2, 0) is 9.53 Å². The number of hydrogen-bond donors (Lipinski definition) is 3.